The Morgan fingerprint density at radius 3 is 2.81 bits per heavy atom. The van der Waals surface area contributed by atoms with Crippen molar-refractivity contribution in [2.45, 2.75) is 0 Å². The van der Waals surface area contributed by atoms with E-state index in [9.17, 15) is 9.59 Å². The van der Waals surface area contributed by atoms with E-state index in [0.717, 1.165) is 0 Å². The lowest BCUT2D eigenvalue weighted by molar-refractivity contribution is 0.0695. The van der Waals surface area contributed by atoms with Crippen LogP contribution in [-0.2, 0) is 0 Å². The Bertz CT molecular complexity index is 605. The number of aromatic carboxylic acids is 1. The van der Waals surface area contributed by atoms with Crippen molar-refractivity contribution in [1.29, 1.82) is 0 Å². The van der Waals surface area contributed by atoms with Crippen LogP contribution in [0.4, 0.5) is 0 Å². The van der Waals surface area contributed by atoms with Crippen LogP contribution < -0.4 is 5.56 Å². The summed E-state index contributed by atoms with van der Waals surface area (Å²) in [6, 6.07) is 3.28. The van der Waals surface area contributed by atoms with Gasteiger partial charge in [-0.2, -0.15) is 5.10 Å². The maximum Gasteiger partial charge on any atom is 0.342 e. The number of carboxylic acid groups (broad SMARTS) is 1. The van der Waals surface area contributed by atoms with Gasteiger partial charge in [-0.1, -0.05) is 11.6 Å². The number of carboxylic acids is 1. The molecular weight excluding hydrogens is 252 g/mol. The first-order chi connectivity index (χ1) is 7.59. The number of rotatable bonds is 2. The van der Waals surface area contributed by atoms with E-state index in [1.54, 1.807) is 12.1 Å². The maximum absolute atomic E-state index is 11.3. The second-order valence-electron chi connectivity index (χ2n) is 2.90. The molecule has 2 aromatic rings. The first-order valence-electron chi connectivity index (χ1n) is 4.16. The molecule has 2 heterocycles. The number of aromatic amines is 1. The van der Waals surface area contributed by atoms with Crippen molar-refractivity contribution in [2.24, 2.45) is 0 Å². The molecule has 2 N–H and O–H groups in total. The zero-order valence-corrected chi connectivity index (χ0v) is 9.30. The molecule has 2 aromatic heterocycles. The van der Waals surface area contributed by atoms with Gasteiger partial charge in [-0.15, -0.1) is 11.3 Å². The molecule has 0 saturated carbocycles. The minimum atomic E-state index is -1.29. The molecule has 0 aromatic carbocycles. The molecular formula is C9H5ClN2O3S. The fraction of sp³-hybridized carbons (Fsp3) is 0. The topological polar surface area (TPSA) is 83.0 Å². The van der Waals surface area contributed by atoms with Gasteiger partial charge in [0, 0.05) is 10.4 Å². The van der Waals surface area contributed by atoms with Gasteiger partial charge < -0.3 is 5.11 Å². The molecule has 0 radical (unpaired) electrons. The monoisotopic (exact) mass is 256 g/mol. The van der Waals surface area contributed by atoms with Crippen molar-refractivity contribution in [1.82, 2.24) is 10.2 Å². The molecule has 0 bridgehead atoms. The summed E-state index contributed by atoms with van der Waals surface area (Å²) < 4.78 is 0.520. The Balaban J connectivity index is 2.70. The number of hydrogen-bond donors (Lipinski definition) is 2. The van der Waals surface area contributed by atoms with Gasteiger partial charge >= 0.3 is 5.97 Å². The molecule has 0 aliphatic rings. The first kappa shape index (κ1) is 10.8. The standard InChI is InChI=1S/C9H5ClN2O3S/c10-6-2-1-5(16-6)4-3-11-12-8(13)7(4)9(14)15/h1-3H,(H,12,13)(H,14,15). The highest BCUT2D eigenvalue weighted by Crippen LogP contribution is 2.31. The van der Waals surface area contributed by atoms with Gasteiger partial charge in [-0.05, 0) is 12.1 Å². The fourth-order valence-corrected chi connectivity index (χ4v) is 2.32. The van der Waals surface area contributed by atoms with E-state index in [-0.39, 0.29) is 11.1 Å². The molecule has 0 unspecified atom stereocenters. The third kappa shape index (κ3) is 1.84. The molecule has 0 atom stereocenters. The summed E-state index contributed by atoms with van der Waals surface area (Å²) in [5.74, 6) is -1.29. The second kappa shape index (κ2) is 4.07. The van der Waals surface area contributed by atoms with Crippen molar-refractivity contribution in [3.8, 4) is 10.4 Å². The molecule has 7 heteroatoms. The summed E-state index contributed by atoms with van der Waals surface area (Å²) in [5.41, 5.74) is -0.781. The van der Waals surface area contributed by atoms with Crippen LogP contribution in [0.2, 0.25) is 4.34 Å². The van der Waals surface area contributed by atoms with Crippen molar-refractivity contribution >= 4 is 28.9 Å². The molecule has 82 valence electrons. The Hall–Kier alpha value is -1.66. The van der Waals surface area contributed by atoms with Gasteiger partial charge in [-0.3, -0.25) is 4.79 Å². The highest BCUT2D eigenvalue weighted by molar-refractivity contribution is 7.19. The predicted octanol–water partition coefficient (Wildman–Crippen LogP) is 1.85. The summed E-state index contributed by atoms with van der Waals surface area (Å²) >= 11 is 6.94. The highest BCUT2D eigenvalue weighted by atomic mass is 35.5. The summed E-state index contributed by atoms with van der Waals surface area (Å²) in [6.07, 6.45) is 1.30. The van der Waals surface area contributed by atoms with E-state index in [2.05, 4.69) is 10.2 Å². The Labute approximate surface area is 98.3 Å². The SMILES string of the molecule is O=C(O)c1c(-c2ccc(Cl)s2)cn[nH]c1=O. The van der Waals surface area contributed by atoms with Gasteiger partial charge in [0.25, 0.3) is 5.56 Å². The number of H-pyrrole nitrogens is 1. The molecule has 2 rings (SSSR count). The van der Waals surface area contributed by atoms with Crippen molar-refractivity contribution < 1.29 is 9.90 Å². The third-order valence-electron chi connectivity index (χ3n) is 1.91. The van der Waals surface area contributed by atoms with E-state index in [1.807, 2.05) is 0 Å². The minimum absolute atomic E-state index is 0.271. The van der Waals surface area contributed by atoms with Gasteiger partial charge in [-0.25, -0.2) is 9.89 Å². The van der Waals surface area contributed by atoms with Crippen LogP contribution in [0.5, 0.6) is 0 Å². The first-order valence-corrected chi connectivity index (χ1v) is 5.35. The Kier molecular flexibility index (Phi) is 2.76. The zero-order valence-electron chi connectivity index (χ0n) is 7.73. The molecule has 0 fully saturated rings. The molecule has 0 amide bonds. The Morgan fingerprint density at radius 2 is 2.25 bits per heavy atom. The molecule has 5 nitrogen and oxygen atoms in total. The summed E-state index contributed by atoms with van der Waals surface area (Å²) in [7, 11) is 0. The van der Waals surface area contributed by atoms with E-state index in [0.29, 0.717) is 9.21 Å². The van der Waals surface area contributed by atoms with Crippen LogP contribution in [0, 0.1) is 0 Å². The van der Waals surface area contributed by atoms with Crippen LogP contribution in [0.3, 0.4) is 0 Å². The molecule has 16 heavy (non-hydrogen) atoms. The highest BCUT2D eigenvalue weighted by Gasteiger charge is 2.17. The fourth-order valence-electron chi connectivity index (χ4n) is 1.26. The van der Waals surface area contributed by atoms with Crippen molar-refractivity contribution in [3.63, 3.8) is 0 Å². The largest absolute Gasteiger partial charge is 0.477 e. The number of aromatic nitrogens is 2. The van der Waals surface area contributed by atoms with Crippen molar-refractivity contribution in [3.05, 3.63) is 38.6 Å². The average molecular weight is 257 g/mol. The van der Waals surface area contributed by atoms with E-state index >= 15 is 0 Å². The number of nitrogens with one attached hydrogen (secondary N) is 1. The third-order valence-corrected chi connectivity index (χ3v) is 3.17. The lowest BCUT2D eigenvalue weighted by Crippen LogP contribution is -2.19. The van der Waals surface area contributed by atoms with Gasteiger partial charge in [0.2, 0.25) is 0 Å². The maximum atomic E-state index is 11.3. The van der Waals surface area contributed by atoms with Crippen LogP contribution in [0.15, 0.2) is 23.1 Å². The van der Waals surface area contributed by atoms with Gasteiger partial charge in [0.05, 0.1) is 10.5 Å². The number of thiophene rings is 1. The van der Waals surface area contributed by atoms with Crippen LogP contribution in [0.1, 0.15) is 10.4 Å². The average Bonchev–Trinajstić information content (AvgIpc) is 2.63. The predicted molar refractivity (Wildman–Crippen MR) is 60.1 cm³/mol. The second-order valence-corrected chi connectivity index (χ2v) is 4.61. The molecule has 0 saturated heterocycles. The molecule has 0 spiro atoms. The van der Waals surface area contributed by atoms with Crippen LogP contribution in [0.25, 0.3) is 10.4 Å². The van der Waals surface area contributed by atoms with Crippen molar-refractivity contribution in [2.75, 3.05) is 0 Å². The number of hydrogen-bond acceptors (Lipinski definition) is 4. The van der Waals surface area contributed by atoms with Gasteiger partial charge in [0.15, 0.2) is 0 Å². The summed E-state index contributed by atoms with van der Waals surface area (Å²) in [5, 5.41) is 14.6. The smallest absolute Gasteiger partial charge is 0.342 e. The summed E-state index contributed by atoms with van der Waals surface area (Å²) in [4.78, 5) is 22.9. The summed E-state index contributed by atoms with van der Waals surface area (Å²) in [6.45, 7) is 0. The van der Waals surface area contributed by atoms with Crippen LogP contribution in [-0.4, -0.2) is 21.3 Å². The molecule has 0 aliphatic carbocycles. The Morgan fingerprint density at radius 1 is 1.50 bits per heavy atom. The van der Waals surface area contributed by atoms with Gasteiger partial charge in [0.1, 0.15) is 5.56 Å². The number of halogens is 1. The number of carbonyl (C=O) groups is 1. The minimum Gasteiger partial charge on any atom is -0.477 e. The van der Waals surface area contributed by atoms with E-state index in [1.165, 1.54) is 17.5 Å². The quantitative estimate of drug-likeness (QED) is 0.859. The zero-order chi connectivity index (χ0) is 11.7. The normalized spacial score (nSPS) is 10.3. The van der Waals surface area contributed by atoms with E-state index in [4.69, 9.17) is 16.7 Å². The number of nitrogens with zero attached hydrogens (tertiary/aromatic N) is 1. The molecule has 0 aliphatic heterocycles. The lowest BCUT2D eigenvalue weighted by atomic mass is 10.1. The lowest BCUT2D eigenvalue weighted by Gasteiger charge is -2.00. The van der Waals surface area contributed by atoms with Crippen LogP contribution >= 0.6 is 22.9 Å². The van der Waals surface area contributed by atoms with E-state index < -0.39 is 11.5 Å².